The number of sulfone groups is 1. The Bertz CT molecular complexity index is 316. The monoisotopic (exact) mass is 277 g/mol. The van der Waals surface area contributed by atoms with E-state index in [1.165, 1.54) is 11.9 Å². The topological polar surface area (TPSA) is 57.6 Å². The number of hydrogen-bond acceptors (Lipinski definition) is 4. The fourth-order valence-electron chi connectivity index (χ4n) is 1.24. The van der Waals surface area contributed by atoms with Gasteiger partial charge in [-0.2, -0.15) is 13.2 Å². The quantitative estimate of drug-likeness (QED) is 0.695. The highest BCUT2D eigenvalue weighted by molar-refractivity contribution is 7.90. The van der Waals surface area contributed by atoms with Crippen LogP contribution < -0.4 is 0 Å². The first-order chi connectivity index (χ1) is 7.52. The predicted molar refractivity (Wildman–Crippen MR) is 58.5 cm³/mol. The molecule has 8 heteroatoms. The minimum atomic E-state index is -4.61. The van der Waals surface area contributed by atoms with E-state index in [4.69, 9.17) is 5.11 Å². The summed E-state index contributed by atoms with van der Waals surface area (Å²) in [5.41, 5.74) is 0. The van der Waals surface area contributed by atoms with E-state index in [1.54, 1.807) is 0 Å². The fraction of sp³-hybridized carbons (Fsp3) is 1.00. The molecule has 0 bridgehead atoms. The Kier molecular flexibility index (Phi) is 6.42. The molecule has 0 saturated carbocycles. The van der Waals surface area contributed by atoms with Crippen molar-refractivity contribution in [3.05, 3.63) is 0 Å². The van der Waals surface area contributed by atoms with E-state index in [0.29, 0.717) is 19.4 Å². The molecule has 0 fully saturated rings. The maximum atomic E-state index is 12.0. The van der Waals surface area contributed by atoms with Gasteiger partial charge in [0.25, 0.3) is 0 Å². The van der Waals surface area contributed by atoms with E-state index in [2.05, 4.69) is 0 Å². The minimum absolute atomic E-state index is 0.0304. The first-order valence-corrected chi connectivity index (χ1v) is 7.19. The van der Waals surface area contributed by atoms with Crippen molar-refractivity contribution in [2.24, 2.45) is 0 Å². The van der Waals surface area contributed by atoms with Gasteiger partial charge in [0.1, 0.15) is 9.84 Å². The van der Waals surface area contributed by atoms with Gasteiger partial charge in [-0.3, -0.25) is 0 Å². The molecule has 104 valence electrons. The van der Waals surface area contributed by atoms with Crippen molar-refractivity contribution in [3.63, 3.8) is 0 Å². The number of alkyl halides is 3. The lowest BCUT2D eigenvalue weighted by molar-refractivity contribution is -0.207. The van der Waals surface area contributed by atoms with E-state index in [1.807, 2.05) is 0 Å². The first kappa shape index (κ1) is 16.7. The number of halogens is 3. The van der Waals surface area contributed by atoms with E-state index in [-0.39, 0.29) is 5.75 Å². The third kappa shape index (κ3) is 9.37. The second kappa shape index (κ2) is 6.55. The number of hydrogen-bond donors (Lipinski definition) is 1. The summed E-state index contributed by atoms with van der Waals surface area (Å²) >= 11 is 0. The number of rotatable bonds is 7. The lowest BCUT2D eigenvalue weighted by Gasteiger charge is -2.21. The summed E-state index contributed by atoms with van der Waals surface area (Å²) in [6.45, 7) is -0.176. The lowest BCUT2D eigenvalue weighted by atomic mass is 10.3. The molecule has 4 nitrogen and oxygen atoms in total. The summed E-state index contributed by atoms with van der Waals surface area (Å²) in [4.78, 5) is 1.33. The summed E-state index contributed by atoms with van der Waals surface area (Å²) in [5, 5.41) is 8.78. The van der Waals surface area contributed by atoms with Crippen LogP contribution in [-0.2, 0) is 9.84 Å². The summed E-state index contributed by atoms with van der Waals surface area (Å²) in [6.07, 6.45) is -4.97. The number of aliphatic hydroxyl groups is 1. The number of aliphatic hydroxyl groups excluding tert-OH is 1. The Balaban J connectivity index is 3.78. The molecule has 0 radical (unpaired) electrons. The molecule has 0 aromatic rings. The molecule has 0 saturated heterocycles. The molecule has 0 rings (SSSR count). The molecule has 17 heavy (non-hydrogen) atoms. The normalized spacial score (nSPS) is 15.2. The van der Waals surface area contributed by atoms with E-state index < -0.39 is 28.7 Å². The maximum absolute atomic E-state index is 12.0. The Morgan fingerprint density at radius 2 is 1.82 bits per heavy atom. The second-order valence-corrected chi connectivity index (χ2v) is 6.42. The Morgan fingerprint density at radius 3 is 2.24 bits per heavy atom. The molecule has 1 atom stereocenters. The highest BCUT2D eigenvalue weighted by Crippen LogP contribution is 2.20. The summed E-state index contributed by atoms with van der Waals surface area (Å²) in [6, 6.07) is 0. The molecule has 0 spiro atoms. The van der Waals surface area contributed by atoms with Gasteiger partial charge >= 0.3 is 6.18 Å². The van der Waals surface area contributed by atoms with Gasteiger partial charge in [-0.05, 0) is 26.4 Å². The highest BCUT2D eigenvalue weighted by Gasteiger charge is 2.38. The van der Waals surface area contributed by atoms with Crippen LogP contribution in [0.15, 0.2) is 0 Å². The van der Waals surface area contributed by atoms with Crippen LogP contribution in [0.1, 0.15) is 12.8 Å². The second-order valence-electron chi connectivity index (χ2n) is 4.16. The molecule has 1 N–H and O–H groups in total. The van der Waals surface area contributed by atoms with Crippen molar-refractivity contribution < 1.29 is 26.7 Å². The van der Waals surface area contributed by atoms with Gasteiger partial charge in [0.2, 0.25) is 0 Å². The molecule has 0 aliphatic rings. The van der Waals surface area contributed by atoms with Crippen LogP contribution in [0.4, 0.5) is 13.2 Å². The molecule has 0 heterocycles. The zero-order valence-electron chi connectivity index (χ0n) is 9.87. The average Bonchev–Trinajstić information content (AvgIpc) is 2.09. The third-order valence-electron chi connectivity index (χ3n) is 2.17. The number of likely N-dealkylation sites (N-methyl/N-ethyl adjacent to an activating group) is 1. The van der Waals surface area contributed by atoms with Gasteiger partial charge in [-0.1, -0.05) is 0 Å². The number of unbranched alkanes of at least 4 members (excludes halogenated alkanes) is 1. The molecule has 0 aromatic carbocycles. The predicted octanol–water partition coefficient (Wildman–Crippen LogP) is 0.666. The van der Waals surface area contributed by atoms with Gasteiger partial charge in [0.15, 0.2) is 6.10 Å². The lowest BCUT2D eigenvalue weighted by Crippen LogP contribution is -2.39. The smallest absolute Gasteiger partial charge is 0.382 e. The maximum Gasteiger partial charge on any atom is 0.415 e. The summed E-state index contributed by atoms with van der Waals surface area (Å²) in [5.74, 6) is 0.0304. The van der Waals surface area contributed by atoms with E-state index in [9.17, 15) is 21.6 Å². The van der Waals surface area contributed by atoms with Crippen molar-refractivity contribution in [1.82, 2.24) is 4.90 Å². The van der Waals surface area contributed by atoms with Crippen LogP contribution in [0.2, 0.25) is 0 Å². The molecule has 0 aliphatic carbocycles. The Morgan fingerprint density at radius 1 is 1.29 bits per heavy atom. The van der Waals surface area contributed by atoms with E-state index >= 15 is 0 Å². The average molecular weight is 277 g/mol. The molecule has 0 aliphatic heterocycles. The number of nitrogens with zero attached hydrogens (tertiary/aromatic N) is 1. The van der Waals surface area contributed by atoms with Gasteiger partial charge in [-0.25, -0.2) is 8.42 Å². The summed E-state index contributed by atoms with van der Waals surface area (Å²) in [7, 11) is -1.56. The van der Waals surface area contributed by atoms with Gasteiger partial charge in [0.05, 0.1) is 0 Å². The molecule has 0 amide bonds. The van der Waals surface area contributed by atoms with E-state index in [0.717, 1.165) is 6.26 Å². The van der Waals surface area contributed by atoms with Crippen molar-refractivity contribution >= 4 is 9.84 Å². The van der Waals surface area contributed by atoms with Crippen LogP contribution in [0.3, 0.4) is 0 Å². The van der Waals surface area contributed by atoms with Crippen molar-refractivity contribution in [1.29, 1.82) is 0 Å². The zero-order valence-corrected chi connectivity index (χ0v) is 10.7. The fourth-order valence-corrected chi connectivity index (χ4v) is 1.96. The van der Waals surface area contributed by atoms with Crippen LogP contribution >= 0.6 is 0 Å². The standard InChI is InChI=1S/C9H18F3NO3S/c1-13(7-8(14)9(10,11)12)5-3-4-6-17(2,15)16/h8,14H,3-7H2,1-2H3. The Hall–Kier alpha value is -0.340. The van der Waals surface area contributed by atoms with Crippen molar-refractivity contribution in [2.45, 2.75) is 25.1 Å². The van der Waals surface area contributed by atoms with Crippen LogP contribution in [0.25, 0.3) is 0 Å². The molecular formula is C9H18F3NO3S. The zero-order chi connectivity index (χ0) is 13.7. The summed E-state index contributed by atoms with van der Waals surface area (Å²) < 4.78 is 57.6. The van der Waals surface area contributed by atoms with Gasteiger partial charge in [0, 0.05) is 18.6 Å². The van der Waals surface area contributed by atoms with Crippen molar-refractivity contribution in [2.75, 3.05) is 32.1 Å². The van der Waals surface area contributed by atoms with Crippen LogP contribution in [0.5, 0.6) is 0 Å². The van der Waals surface area contributed by atoms with Gasteiger partial charge in [-0.15, -0.1) is 0 Å². The molecule has 0 aromatic heterocycles. The third-order valence-corrected chi connectivity index (χ3v) is 3.20. The molecular weight excluding hydrogens is 259 g/mol. The van der Waals surface area contributed by atoms with Gasteiger partial charge < -0.3 is 10.0 Å². The SMILES string of the molecule is CN(CCCCS(C)(=O)=O)CC(O)C(F)(F)F. The first-order valence-electron chi connectivity index (χ1n) is 5.13. The minimum Gasteiger partial charge on any atom is -0.382 e. The van der Waals surface area contributed by atoms with Crippen LogP contribution in [0, 0.1) is 0 Å². The highest BCUT2D eigenvalue weighted by atomic mass is 32.2. The largest absolute Gasteiger partial charge is 0.415 e. The van der Waals surface area contributed by atoms with Crippen molar-refractivity contribution in [3.8, 4) is 0 Å². The Labute approximate surface area is 99.3 Å². The van der Waals surface area contributed by atoms with Crippen LogP contribution in [-0.4, -0.2) is 62.9 Å². The molecule has 1 unspecified atom stereocenters.